The Morgan fingerprint density at radius 2 is 2.04 bits per heavy atom. The normalized spacial score (nSPS) is 18.1. The minimum Gasteiger partial charge on any atom is -0.355 e. The smallest absolute Gasteiger partial charge is 0.243 e. The summed E-state index contributed by atoms with van der Waals surface area (Å²) in [7, 11) is 1.86. The lowest BCUT2D eigenvalue weighted by Crippen LogP contribution is -2.42. The molecule has 154 valence electrons. The van der Waals surface area contributed by atoms with E-state index in [1.165, 1.54) is 0 Å². The Labute approximate surface area is 160 Å². The maximum Gasteiger partial charge on any atom is 0.243 e. The van der Waals surface area contributed by atoms with E-state index in [0.717, 1.165) is 24.5 Å². The topological polar surface area (TPSA) is 85.9 Å². The molecule has 2 rings (SSSR count). The van der Waals surface area contributed by atoms with Gasteiger partial charge in [0.05, 0.1) is 37.8 Å². The van der Waals surface area contributed by atoms with Gasteiger partial charge in [0, 0.05) is 7.05 Å². The molecule has 2 aliphatic heterocycles. The van der Waals surface area contributed by atoms with E-state index in [0.29, 0.717) is 26.1 Å². The fourth-order valence-corrected chi connectivity index (χ4v) is 2.57. The van der Waals surface area contributed by atoms with E-state index in [4.69, 9.17) is 4.74 Å². The van der Waals surface area contributed by atoms with Gasteiger partial charge in [-0.05, 0) is 19.1 Å². The summed E-state index contributed by atoms with van der Waals surface area (Å²) >= 11 is 0. The molecule has 3 N–H and O–H groups in total. The Bertz CT molecular complexity index is 744. The van der Waals surface area contributed by atoms with Crippen molar-refractivity contribution in [1.29, 1.82) is 0 Å². The molecule has 0 saturated heterocycles. The SMILES string of the molecule is C\C(F)=C(/C=C\C(F)=C\F)NC(=O)CNC(=O)CN1CNC2=C1COCN2C. The molecule has 11 heteroatoms. The monoisotopic (exact) mass is 401 g/mol. The van der Waals surface area contributed by atoms with Crippen LogP contribution in [0, 0.1) is 0 Å². The minimum absolute atomic E-state index is 0.00750. The van der Waals surface area contributed by atoms with E-state index in [2.05, 4.69) is 16.0 Å². The third-order valence-electron chi connectivity index (χ3n) is 3.94. The Morgan fingerprint density at radius 3 is 2.71 bits per heavy atom. The summed E-state index contributed by atoms with van der Waals surface area (Å²) in [6, 6.07) is 0. The quantitative estimate of drug-likeness (QED) is 0.545. The molecule has 0 aliphatic carbocycles. The zero-order valence-corrected chi connectivity index (χ0v) is 15.5. The van der Waals surface area contributed by atoms with Gasteiger partial charge in [-0.3, -0.25) is 9.59 Å². The fraction of sp³-hybridized carbons (Fsp3) is 0.412. The molecule has 2 amide bonds. The van der Waals surface area contributed by atoms with Crippen molar-refractivity contribution in [3.05, 3.63) is 47.4 Å². The van der Waals surface area contributed by atoms with E-state index in [9.17, 15) is 22.8 Å². The van der Waals surface area contributed by atoms with Gasteiger partial charge in [-0.2, -0.15) is 0 Å². The van der Waals surface area contributed by atoms with Gasteiger partial charge in [0.2, 0.25) is 11.8 Å². The number of carbonyl (C=O) groups excluding carboxylic acids is 2. The van der Waals surface area contributed by atoms with Gasteiger partial charge >= 0.3 is 0 Å². The number of carbonyl (C=O) groups is 2. The highest BCUT2D eigenvalue weighted by molar-refractivity contribution is 5.86. The van der Waals surface area contributed by atoms with Gasteiger partial charge in [0.25, 0.3) is 0 Å². The predicted octanol–water partition coefficient (Wildman–Crippen LogP) is 0.708. The summed E-state index contributed by atoms with van der Waals surface area (Å²) in [6.07, 6.45) is 1.24. The Balaban J connectivity index is 1.83. The molecule has 2 aliphatic rings. The summed E-state index contributed by atoms with van der Waals surface area (Å²) in [5.41, 5.74) is 0.511. The average Bonchev–Trinajstić information content (AvgIpc) is 3.07. The number of nitrogens with zero attached hydrogens (tertiary/aromatic N) is 2. The molecule has 0 aromatic carbocycles. The van der Waals surface area contributed by atoms with Gasteiger partial charge in [0.1, 0.15) is 24.7 Å². The lowest BCUT2D eigenvalue weighted by atomic mass is 10.3. The van der Waals surface area contributed by atoms with Crippen LogP contribution in [0.25, 0.3) is 0 Å². The summed E-state index contributed by atoms with van der Waals surface area (Å²) in [5, 5.41) is 7.78. The number of hydrogen-bond acceptors (Lipinski definition) is 6. The highest BCUT2D eigenvalue weighted by atomic mass is 19.2. The number of ether oxygens (including phenoxy) is 1. The Morgan fingerprint density at radius 1 is 1.29 bits per heavy atom. The number of amides is 2. The Hall–Kier alpha value is -2.95. The summed E-state index contributed by atoms with van der Waals surface area (Å²) in [5.74, 6) is -2.26. The largest absolute Gasteiger partial charge is 0.355 e. The van der Waals surface area contributed by atoms with Crippen LogP contribution >= 0.6 is 0 Å². The van der Waals surface area contributed by atoms with Crippen molar-refractivity contribution in [3.8, 4) is 0 Å². The van der Waals surface area contributed by atoms with Crippen LogP contribution in [0.15, 0.2) is 47.4 Å². The molecule has 8 nitrogen and oxygen atoms in total. The van der Waals surface area contributed by atoms with Gasteiger partial charge in [-0.1, -0.05) is 0 Å². The Kier molecular flexibility index (Phi) is 7.50. The second kappa shape index (κ2) is 9.83. The van der Waals surface area contributed by atoms with Crippen molar-refractivity contribution in [2.45, 2.75) is 6.92 Å². The fourth-order valence-electron chi connectivity index (χ4n) is 2.57. The minimum atomic E-state index is -1.23. The highest BCUT2D eigenvalue weighted by Crippen LogP contribution is 2.21. The van der Waals surface area contributed by atoms with Crippen LogP contribution < -0.4 is 16.0 Å². The summed E-state index contributed by atoms with van der Waals surface area (Å²) in [6.45, 7) is 1.91. The summed E-state index contributed by atoms with van der Waals surface area (Å²) < 4.78 is 43.5. The van der Waals surface area contributed by atoms with E-state index < -0.39 is 30.0 Å². The number of halogens is 3. The van der Waals surface area contributed by atoms with Crippen molar-refractivity contribution < 1.29 is 27.5 Å². The molecule has 0 aromatic rings. The van der Waals surface area contributed by atoms with Crippen LogP contribution in [0.2, 0.25) is 0 Å². The second-order valence-corrected chi connectivity index (χ2v) is 6.10. The van der Waals surface area contributed by atoms with Crippen LogP contribution in [0.3, 0.4) is 0 Å². The number of allylic oxidation sites excluding steroid dienone is 4. The van der Waals surface area contributed by atoms with E-state index in [1.807, 2.05) is 11.9 Å². The molecule has 0 aromatic heterocycles. The number of nitrogens with one attached hydrogen (secondary N) is 3. The second-order valence-electron chi connectivity index (χ2n) is 6.10. The lowest BCUT2D eigenvalue weighted by molar-refractivity contribution is -0.126. The molecular formula is C17H22F3N5O3. The van der Waals surface area contributed by atoms with Crippen LogP contribution in [0.4, 0.5) is 13.2 Å². The molecule has 0 saturated carbocycles. The molecule has 2 heterocycles. The maximum absolute atomic E-state index is 13.4. The summed E-state index contributed by atoms with van der Waals surface area (Å²) in [4.78, 5) is 27.6. The molecule has 0 radical (unpaired) electrons. The van der Waals surface area contributed by atoms with Crippen molar-refractivity contribution in [1.82, 2.24) is 25.8 Å². The molecule has 0 fully saturated rings. The van der Waals surface area contributed by atoms with Crippen molar-refractivity contribution >= 4 is 11.8 Å². The third kappa shape index (κ3) is 5.78. The van der Waals surface area contributed by atoms with Gasteiger partial charge in [0.15, 0.2) is 5.83 Å². The van der Waals surface area contributed by atoms with Gasteiger partial charge in [-0.15, -0.1) is 0 Å². The predicted molar refractivity (Wildman–Crippen MR) is 94.7 cm³/mol. The zero-order chi connectivity index (χ0) is 20.7. The molecule has 28 heavy (non-hydrogen) atoms. The van der Waals surface area contributed by atoms with E-state index in [1.54, 1.807) is 4.90 Å². The van der Waals surface area contributed by atoms with Gasteiger partial charge in [-0.25, -0.2) is 13.2 Å². The molecule has 0 bridgehead atoms. The van der Waals surface area contributed by atoms with Crippen LogP contribution in [-0.4, -0.2) is 61.8 Å². The van der Waals surface area contributed by atoms with Crippen molar-refractivity contribution in [3.63, 3.8) is 0 Å². The van der Waals surface area contributed by atoms with E-state index >= 15 is 0 Å². The lowest BCUT2D eigenvalue weighted by Gasteiger charge is -2.28. The molecule has 0 atom stereocenters. The number of hydrogen-bond donors (Lipinski definition) is 3. The third-order valence-corrected chi connectivity index (χ3v) is 3.94. The molecular weight excluding hydrogens is 379 g/mol. The molecule has 0 unspecified atom stereocenters. The molecule has 0 spiro atoms. The first-order valence-corrected chi connectivity index (χ1v) is 8.39. The first-order valence-electron chi connectivity index (χ1n) is 8.39. The zero-order valence-electron chi connectivity index (χ0n) is 15.5. The van der Waals surface area contributed by atoms with Crippen LogP contribution in [-0.2, 0) is 14.3 Å². The maximum atomic E-state index is 13.4. The van der Waals surface area contributed by atoms with Crippen LogP contribution in [0.1, 0.15) is 6.92 Å². The average molecular weight is 401 g/mol. The number of rotatable bonds is 7. The van der Waals surface area contributed by atoms with Crippen molar-refractivity contribution in [2.24, 2.45) is 0 Å². The first kappa shape index (κ1) is 21.4. The van der Waals surface area contributed by atoms with Crippen LogP contribution in [0.5, 0.6) is 0 Å². The highest BCUT2D eigenvalue weighted by Gasteiger charge is 2.29. The van der Waals surface area contributed by atoms with Gasteiger partial charge < -0.3 is 30.5 Å². The standard InChI is InChI=1S/C17H22F3N5O3/c1-11(19)13(4-3-12(20)5-18)23-15(26)6-21-16(27)7-25-9-22-17-14(25)8-28-10-24(17)2/h3-5,22H,6-10H2,1-2H3,(H,21,27)(H,23,26)/b4-3-,12-5-,13-11-. The van der Waals surface area contributed by atoms with E-state index in [-0.39, 0.29) is 18.6 Å². The van der Waals surface area contributed by atoms with Crippen molar-refractivity contribution in [2.75, 3.05) is 40.1 Å². The first-order chi connectivity index (χ1) is 13.3.